The van der Waals surface area contributed by atoms with E-state index in [0.717, 1.165) is 11.3 Å². The molecule has 0 fully saturated rings. The van der Waals surface area contributed by atoms with Crippen molar-refractivity contribution in [2.75, 3.05) is 20.1 Å². The number of carbonyl (C=O) groups is 1. The first-order chi connectivity index (χ1) is 12.0. The second-order valence-corrected chi connectivity index (χ2v) is 6.10. The normalized spacial score (nSPS) is 14.8. The highest BCUT2D eigenvalue weighted by Gasteiger charge is 2.21. The van der Waals surface area contributed by atoms with Crippen LogP contribution >= 0.6 is 23.2 Å². The van der Waals surface area contributed by atoms with Crippen LogP contribution in [0.4, 0.5) is 0 Å². The molecule has 0 radical (unpaired) electrons. The fourth-order valence-corrected chi connectivity index (χ4v) is 2.62. The summed E-state index contributed by atoms with van der Waals surface area (Å²) in [6, 6.07) is 5.33. The number of guanidine groups is 1. The van der Waals surface area contributed by atoms with Crippen LogP contribution in [0.15, 0.2) is 28.3 Å². The summed E-state index contributed by atoms with van der Waals surface area (Å²) in [6.45, 7) is 1.03. The van der Waals surface area contributed by atoms with Crippen molar-refractivity contribution < 1.29 is 4.79 Å². The van der Waals surface area contributed by atoms with Crippen molar-refractivity contribution >= 4 is 40.8 Å². The molecule has 1 aliphatic rings. The van der Waals surface area contributed by atoms with Crippen LogP contribution in [0.1, 0.15) is 24.8 Å². The van der Waals surface area contributed by atoms with Gasteiger partial charge in [-0.25, -0.2) is 5.01 Å². The molecule has 0 atom stereocenters. The number of rotatable bonds is 5. The van der Waals surface area contributed by atoms with Gasteiger partial charge in [0.1, 0.15) is 0 Å². The summed E-state index contributed by atoms with van der Waals surface area (Å²) in [6.07, 6.45) is 3.44. The minimum Gasteiger partial charge on any atom is -0.356 e. The van der Waals surface area contributed by atoms with E-state index in [9.17, 15) is 4.79 Å². The summed E-state index contributed by atoms with van der Waals surface area (Å²) in [5.74, 6) is 0.385. The number of nitrogens with zero attached hydrogens (tertiary/aromatic N) is 4. The third kappa shape index (κ3) is 5.34. The molecular weight excluding hydrogens is 363 g/mol. The van der Waals surface area contributed by atoms with Crippen LogP contribution in [0.3, 0.4) is 0 Å². The summed E-state index contributed by atoms with van der Waals surface area (Å²) in [7, 11) is 1.58. The maximum Gasteiger partial charge on any atom is 0.243 e. The number of nitriles is 1. The molecule has 0 spiro atoms. The lowest BCUT2D eigenvalue weighted by Gasteiger charge is -2.24. The lowest BCUT2D eigenvalue weighted by molar-refractivity contribution is -0.131. The van der Waals surface area contributed by atoms with Gasteiger partial charge < -0.3 is 5.32 Å². The maximum atomic E-state index is 12.1. The molecule has 0 saturated heterocycles. The van der Waals surface area contributed by atoms with Gasteiger partial charge in [0.2, 0.25) is 11.9 Å². The minimum atomic E-state index is -0.0108. The number of hydrazone groups is 1. The molecule has 132 valence electrons. The Hall–Kier alpha value is -2.30. The zero-order valence-corrected chi connectivity index (χ0v) is 15.2. The average molecular weight is 381 g/mol. The van der Waals surface area contributed by atoms with Gasteiger partial charge in [0.05, 0.1) is 15.8 Å². The fourth-order valence-electron chi connectivity index (χ4n) is 2.33. The molecule has 9 heteroatoms. The third-order valence-electron chi connectivity index (χ3n) is 3.59. The van der Waals surface area contributed by atoms with E-state index < -0.39 is 0 Å². The smallest absolute Gasteiger partial charge is 0.243 e. The van der Waals surface area contributed by atoms with E-state index >= 15 is 0 Å². The third-order valence-corrected chi connectivity index (χ3v) is 4.33. The van der Waals surface area contributed by atoms with Crippen molar-refractivity contribution in [1.29, 1.82) is 5.26 Å². The van der Waals surface area contributed by atoms with Crippen LogP contribution in [0.2, 0.25) is 10.0 Å². The summed E-state index contributed by atoms with van der Waals surface area (Å²) in [4.78, 5) is 15.9. The maximum absolute atomic E-state index is 12.1. The van der Waals surface area contributed by atoms with Crippen LogP contribution < -0.4 is 10.6 Å². The Balaban J connectivity index is 1.96. The Morgan fingerprint density at radius 2 is 2.20 bits per heavy atom. The highest BCUT2D eigenvalue weighted by atomic mass is 35.5. The zero-order valence-electron chi connectivity index (χ0n) is 13.7. The van der Waals surface area contributed by atoms with E-state index in [0.29, 0.717) is 48.4 Å². The van der Waals surface area contributed by atoms with Crippen LogP contribution in [-0.2, 0) is 4.79 Å². The topological polar surface area (TPSA) is 92.9 Å². The number of nitrogens with one attached hydrogen (secondary N) is 2. The quantitative estimate of drug-likeness (QED) is 0.269. The summed E-state index contributed by atoms with van der Waals surface area (Å²) < 4.78 is 0. The van der Waals surface area contributed by atoms with Crippen molar-refractivity contribution in [3.8, 4) is 6.19 Å². The predicted octanol–water partition coefficient (Wildman–Crippen LogP) is 2.36. The van der Waals surface area contributed by atoms with E-state index in [-0.39, 0.29) is 5.91 Å². The summed E-state index contributed by atoms with van der Waals surface area (Å²) >= 11 is 12.0. The first kappa shape index (κ1) is 19.0. The molecule has 0 aliphatic carbocycles. The van der Waals surface area contributed by atoms with Gasteiger partial charge in [0.25, 0.3) is 0 Å². The van der Waals surface area contributed by atoms with Gasteiger partial charge in [-0.3, -0.25) is 15.1 Å². The van der Waals surface area contributed by atoms with Gasteiger partial charge in [-0.15, -0.1) is 0 Å². The molecule has 0 aromatic heterocycles. The highest BCUT2D eigenvalue weighted by Crippen LogP contribution is 2.25. The van der Waals surface area contributed by atoms with Gasteiger partial charge >= 0.3 is 0 Å². The van der Waals surface area contributed by atoms with Gasteiger partial charge in [-0.1, -0.05) is 29.3 Å². The molecule has 25 heavy (non-hydrogen) atoms. The molecule has 1 heterocycles. The lowest BCUT2D eigenvalue weighted by Crippen LogP contribution is -2.37. The molecule has 0 bridgehead atoms. The number of aliphatic imine (C=N–C) groups is 1. The largest absolute Gasteiger partial charge is 0.356 e. The molecule has 2 rings (SSSR count). The monoisotopic (exact) mass is 380 g/mol. The number of amides is 1. The molecule has 1 aromatic rings. The Morgan fingerprint density at radius 1 is 1.40 bits per heavy atom. The van der Waals surface area contributed by atoms with Crippen molar-refractivity contribution in [3.63, 3.8) is 0 Å². The van der Waals surface area contributed by atoms with E-state index in [1.165, 1.54) is 5.01 Å². The molecule has 2 N–H and O–H groups in total. The molecule has 0 unspecified atom stereocenters. The van der Waals surface area contributed by atoms with Gasteiger partial charge in [-0.2, -0.15) is 10.4 Å². The molecule has 1 amide bonds. The number of hydrogen-bond donors (Lipinski definition) is 2. The number of halogens is 2. The minimum absolute atomic E-state index is 0.0108. The van der Waals surface area contributed by atoms with Crippen LogP contribution in [-0.4, -0.2) is 42.7 Å². The Morgan fingerprint density at radius 3 is 2.88 bits per heavy atom. The van der Waals surface area contributed by atoms with Gasteiger partial charge in [-0.05, 0) is 24.1 Å². The predicted molar refractivity (Wildman–Crippen MR) is 98.7 cm³/mol. The highest BCUT2D eigenvalue weighted by molar-refractivity contribution is 6.42. The zero-order chi connectivity index (χ0) is 18.2. The standard InChI is InChI=1S/C16H18Cl2N6O/c1-20-16(22-10-19)21-7-2-8-24-15(25)6-5-14(23-24)11-3-4-12(17)13(18)9-11/h3-4,9H,2,5-8H2,1H3,(H2,20,21,22). The molecule has 1 aliphatic heterocycles. The Bertz CT molecular complexity index is 741. The number of hydrogen-bond acceptors (Lipinski definition) is 4. The first-order valence-corrected chi connectivity index (χ1v) is 8.49. The average Bonchev–Trinajstić information content (AvgIpc) is 2.61. The molecule has 0 saturated carbocycles. The molecule has 1 aromatic carbocycles. The SMILES string of the molecule is C/N=C(\NC#N)NCCCN1N=C(c2ccc(Cl)c(Cl)c2)CCC1=O. The fraction of sp³-hybridized carbons (Fsp3) is 0.375. The van der Waals surface area contributed by atoms with Crippen molar-refractivity contribution in [2.24, 2.45) is 10.1 Å². The number of benzene rings is 1. The Labute approximate surface area is 156 Å². The summed E-state index contributed by atoms with van der Waals surface area (Å²) in [5, 5.41) is 20.9. The van der Waals surface area contributed by atoms with E-state index in [1.807, 2.05) is 6.07 Å². The van der Waals surface area contributed by atoms with E-state index in [2.05, 4.69) is 20.7 Å². The van der Waals surface area contributed by atoms with Crippen LogP contribution in [0.5, 0.6) is 0 Å². The van der Waals surface area contributed by atoms with Crippen molar-refractivity contribution in [3.05, 3.63) is 33.8 Å². The van der Waals surface area contributed by atoms with Gasteiger partial charge in [0, 0.05) is 33.0 Å². The summed E-state index contributed by atoms with van der Waals surface area (Å²) in [5.41, 5.74) is 1.68. The Kier molecular flexibility index (Phi) is 7.04. The second-order valence-electron chi connectivity index (χ2n) is 5.28. The van der Waals surface area contributed by atoms with Gasteiger partial charge in [0.15, 0.2) is 6.19 Å². The second kappa shape index (κ2) is 9.25. The lowest BCUT2D eigenvalue weighted by atomic mass is 10.0. The first-order valence-electron chi connectivity index (χ1n) is 7.74. The van der Waals surface area contributed by atoms with E-state index in [4.69, 9.17) is 28.5 Å². The number of carbonyl (C=O) groups excluding carboxylic acids is 1. The van der Waals surface area contributed by atoms with E-state index in [1.54, 1.807) is 25.4 Å². The molecule has 7 nitrogen and oxygen atoms in total. The van der Waals surface area contributed by atoms with Crippen molar-refractivity contribution in [1.82, 2.24) is 15.6 Å². The van der Waals surface area contributed by atoms with Crippen LogP contribution in [0, 0.1) is 11.5 Å². The molecular formula is C16H18Cl2N6O. The van der Waals surface area contributed by atoms with Crippen LogP contribution in [0.25, 0.3) is 0 Å². The van der Waals surface area contributed by atoms with Crippen molar-refractivity contribution in [2.45, 2.75) is 19.3 Å².